The van der Waals surface area contributed by atoms with E-state index in [1.807, 2.05) is 36.4 Å². The van der Waals surface area contributed by atoms with E-state index in [9.17, 15) is 8.42 Å². The molecule has 1 aliphatic rings. The molecule has 1 unspecified atom stereocenters. The number of hydrazine groups is 1. The smallest absolute Gasteiger partial charge is 0.264 e. The van der Waals surface area contributed by atoms with Crippen molar-refractivity contribution in [1.29, 1.82) is 0 Å². The van der Waals surface area contributed by atoms with Gasteiger partial charge < -0.3 is 0 Å². The third-order valence-electron chi connectivity index (χ3n) is 5.02. The number of halogens is 2. The van der Waals surface area contributed by atoms with E-state index in [1.54, 1.807) is 47.8 Å². The van der Waals surface area contributed by atoms with Crippen molar-refractivity contribution in [2.75, 3.05) is 13.6 Å². The summed E-state index contributed by atoms with van der Waals surface area (Å²) >= 11 is 12.2. The molecular weight excluding hydrogens is 469 g/mol. The monoisotopic (exact) mass is 488 g/mol. The highest BCUT2D eigenvalue weighted by molar-refractivity contribution is 7.86. The van der Waals surface area contributed by atoms with Gasteiger partial charge in [0.2, 0.25) is 0 Å². The van der Waals surface area contributed by atoms with Crippen LogP contribution in [0.25, 0.3) is 0 Å². The first kappa shape index (κ1) is 22.3. The Labute approximate surface area is 197 Å². The van der Waals surface area contributed by atoms with E-state index in [4.69, 9.17) is 28.5 Å². The van der Waals surface area contributed by atoms with Crippen molar-refractivity contribution in [3.63, 3.8) is 0 Å². The van der Waals surface area contributed by atoms with Crippen LogP contribution in [0.15, 0.2) is 89.1 Å². The zero-order valence-corrected chi connectivity index (χ0v) is 19.4. The second kappa shape index (κ2) is 9.28. The molecule has 32 heavy (non-hydrogen) atoms. The molecule has 0 spiro atoms. The standard InChI is InChI=1S/C22H20Cl2N5O2S/c1-27(16-28(24)32(30,31)20-7-3-2-4-8-20)29-15-21(18-6-5-13-25-14-18)22(26-29)17-9-11-19(23)12-10-17/h2-14,16,21H,15H2,1H3/q+1. The summed E-state index contributed by atoms with van der Waals surface area (Å²) in [5.74, 6) is -0.0739. The van der Waals surface area contributed by atoms with Crippen LogP contribution in [0.1, 0.15) is 17.0 Å². The van der Waals surface area contributed by atoms with Gasteiger partial charge in [-0.25, -0.2) is 0 Å². The first-order valence-electron chi connectivity index (χ1n) is 9.71. The van der Waals surface area contributed by atoms with Crippen LogP contribution in [0.3, 0.4) is 0 Å². The van der Waals surface area contributed by atoms with Crippen LogP contribution in [-0.2, 0) is 10.0 Å². The van der Waals surface area contributed by atoms with Crippen LogP contribution in [0.2, 0.25) is 5.02 Å². The SMILES string of the molecule is CN(C=[N+](Cl)S(=O)(=O)c1ccccc1)N1CC(c2cccnc2)C(c2ccc(Cl)cc2)=N1. The molecule has 1 aliphatic heterocycles. The Kier molecular flexibility index (Phi) is 6.45. The van der Waals surface area contributed by atoms with Crippen molar-refractivity contribution >= 4 is 45.5 Å². The van der Waals surface area contributed by atoms with Gasteiger partial charge in [-0.2, -0.15) is 8.42 Å². The Bertz CT molecular complexity index is 1250. The summed E-state index contributed by atoms with van der Waals surface area (Å²) in [7, 11) is -2.21. The summed E-state index contributed by atoms with van der Waals surface area (Å²) in [4.78, 5) is 4.33. The van der Waals surface area contributed by atoms with Gasteiger partial charge in [0.25, 0.3) is 6.34 Å². The number of rotatable bonds is 6. The first-order valence-corrected chi connectivity index (χ1v) is 11.9. The summed E-state index contributed by atoms with van der Waals surface area (Å²) < 4.78 is 26.2. The number of hydrogen-bond donors (Lipinski definition) is 0. The van der Waals surface area contributed by atoms with Crippen LogP contribution in [-0.4, -0.2) is 52.7 Å². The highest BCUT2D eigenvalue weighted by Gasteiger charge is 2.34. The van der Waals surface area contributed by atoms with Gasteiger partial charge in [-0.15, -0.1) is 15.2 Å². The molecule has 10 heteroatoms. The molecule has 1 aromatic heterocycles. The van der Waals surface area contributed by atoms with Crippen molar-refractivity contribution in [1.82, 2.24) is 15.1 Å². The van der Waals surface area contributed by atoms with E-state index in [-0.39, 0.29) is 10.8 Å². The fourth-order valence-corrected chi connectivity index (χ4v) is 4.81. The number of hydrazone groups is 1. The van der Waals surface area contributed by atoms with Gasteiger partial charge in [0, 0.05) is 17.4 Å². The topological polar surface area (TPSA) is 68.9 Å². The maximum absolute atomic E-state index is 12.7. The predicted octanol–water partition coefficient (Wildman–Crippen LogP) is 3.97. The van der Waals surface area contributed by atoms with E-state index < -0.39 is 10.0 Å². The van der Waals surface area contributed by atoms with E-state index in [0.29, 0.717) is 15.1 Å². The molecule has 3 aromatic rings. The summed E-state index contributed by atoms with van der Waals surface area (Å²) in [6.07, 6.45) is 4.80. The Morgan fingerprint density at radius 1 is 1.09 bits per heavy atom. The summed E-state index contributed by atoms with van der Waals surface area (Å²) in [6, 6.07) is 19.3. The number of pyridine rings is 1. The van der Waals surface area contributed by atoms with Gasteiger partial charge >= 0.3 is 10.0 Å². The molecule has 0 amide bonds. The number of benzene rings is 2. The molecule has 0 saturated heterocycles. The fourth-order valence-electron chi connectivity index (χ4n) is 3.36. The zero-order valence-electron chi connectivity index (χ0n) is 17.1. The minimum absolute atomic E-state index is 0.0739. The average molecular weight is 489 g/mol. The predicted molar refractivity (Wildman–Crippen MR) is 125 cm³/mol. The Morgan fingerprint density at radius 2 is 1.81 bits per heavy atom. The molecule has 0 radical (unpaired) electrons. The average Bonchev–Trinajstić information content (AvgIpc) is 3.26. The second-order valence-electron chi connectivity index (χ2n) is 7.14. The van der Waals surface area contributed by atoms with Crippen LogP contribution >= 0.6 is 23.4 Å². The number of nitrogens with zero attached hydrogens (tertiary/aromatic N) is 5. The molecule has 0 fully saturated rings. The third-order valence-corrected chi connectivity index (χ3v) is 7.32. The molecule has 1 atom stereocenters. The molecule has 164 valence electrons. The largest absolute Gasteiger partial charge is 0.347 e. The maximum atomic E-state index is 12.7. The molecule has 7 nitrogen and oxygen atoms in total. The molecule has 0 bridgehead atoms. The second-order valence-corrected chi connectivity index (χ2v) is 9.95. The van der Waals surface area contributed by atoms with Crippen LogP contribution in [0, 0.1) is 0 Å². The summed E-state index contributed by atoms with van der Waals surface area (Å²) in [6.45, 7) is 0.479. The van der Waals surface area contributed by atoms with E-state index >= 15 is 0 Å². The van der Waals surface area contributed by atoms with Crippen molar-refractivity contribution in [3.05, 3.63) is 95.3 Å². The Morgan fingerprint density at radius 3 is 2.47 bits per heavy atom. The molecule has 4 rings (SSSR count). The fraction of sp³-hybridized carbons (Fsp3) is 0.136. The van der Waals surface area contributed by atoms with Gasteiger partial charge in [-0.05, 0) is 45.0 Å². The minimum atomic E-state index is -3.90. The Hall–Kier alpha value is -2.94. The number of hydrogen-bond acceptors (Lipinski definition) is 5. The van der Waals surface area contributed by atoms with E-state index in [0.717, 1.165) is 16.8 Å². The molecule has 2 aromatic carbocycles. The first-order chi connectivity index (χ1) is 15.4. The highest BCUT2D eigenvalue weighted by atomic mass is 35.5. The molecule has 0 aliphatic carbocycles. The van der Waals surface area contributed by atoms with Crippen molar-refractivity contribution < 1.29 is 11.9 Å². The molecular formula is C22H20Cl2N5O2S+. The van der Waals surface area contributed by atoms with Crippen molar-refractivity contribution in [3.8, 4) is 0 Å². The zero-order chi connectivity index (χ0) is 22.7. The lowest BCUT2D eigenvalue weighted by Gasteiger charge is -2.18. The summed E-state index contributed by atoms with van der Waals surface area (Å²) in [5, 5.41) is 8.59. The van der Waals surface area contributed by atoms with Gasteiger partial charge in [0.05, 0.1) is 18.2 Å². The quantitative estimate of drug-likeness (QED) is 0.298. The summed E-state index contributed by atoms with van der Waals surface area (Å²) in [5.41, 5.74) is 2.73. The number of aromatic nitrogens is 1. The molecule has 0 N–H and O–H groups in total. The van der Waals surface area contributed by atoms with Crippen molar-refractivity contribution in [2.24, 2.45) is 5.10 Å². The Balaban J connectivity index is 1.65. The lowest BCUT2D eigenvalue weighted by molar-refractivity contribution is -0.190. The molecule has 2 heterocycles. The van der Waals surface area contributed by atoms with Gasteiger partial charge in [0.1, 0.15) is 11.9 Å². The lowest BCUT2D eigenvalue weighted by Crippen LogP contribution is -2.37. The maximum Gasteiger partial charge on any atom is 0.347 e. The van der Waals surface area contributed by atoms with Crippen LogP contribution in [0.4, 0.5) is 0 Å². The van der Waals surface area contributed by atoms with Gasteiger partial charge in [-0.1, -0.05) is 48.0 Å². The molecule has 0 saturated carbocycles. The van der Waals surface area contributed by atoms with Crippen molar-refractivity contribution in [2.45, 2.75) is 10.8 Å². The van der Waals surface area contributed by atoms with Crippen LogP contribution < -0.4 is 0 Å². The minimum Gasteiger partial charge on any atom is -0.264 e. The highest BCUT2D eigenvalue weighted by Crippen LogP contribution is 2.29. The lowest BCUT2D eigenvalue weighted by atomic mass is 9.92. The number of sulfonamides is 1. The van der Waals surface area contributed by atoms with Gasteiger partial charge in [-0.3, -0.25) is 4.98 Å². The van der Waals surface area contributed by atoms with Crippen LogP contribution in [0.5, 0.6) is 0 Å². The van der Waals surface area contributed by atoms with Gasteiger partial charge in [0.15, 0.2) is 11.8 Å². The van der Waals surface area contributed by atoms with E-state index in [1.165, 1.54) is 18.5 Å². The van der Waals surface area contributed by atoms with E-state index in [2.05, 4.69) is 4.98 Å². The third kappa shape index (κ3) is 4.62. The normalized spacial score (nSPS) is 16.7.